The number of nitrogens with two attached hydrogens (primary N) is 1. The normalized spacial score (nSPS) is 12.3. The van der Waals surface area contributed by atoms with Crippen molar-refractivity contribution in [2.45, 2.75) is 26.8 Å². The summed E-state index contributed by atoms with van der Waals surface area (Å²) in [5, 5.41) is 0. The van der Waals surface area contributed by atoms with Gasteiger partial charge < -0.3 is 10.5 Å². The van der Waals surface area contributed by atoms with Crippen molar-refractivity contribution < 1.29 is 9.13 Å². The van der Waals surface area contributed by atoms with Crippen LogP contribution in [0, 0.1) is 19.7 Å². The molecule has 0 fully saturated rings. The molecule has 1 atom stereocenters. The van der Waals surface area contributed by atoms with Crippen LogP contribution in [0.4, 0.5) is 4.39 Å². The number of hydrogen-bond acceptors (Lipinski definition) is 2. The first-order chi connectivity index (χ1) is 8.99. The zero-order valence-electron chi connectivity index (χ0n) is 11.4. The smallest absolute Gasteiger partial charge is 0.166 e. The second-order valence-electron chi connectivity index (χ2n) is 4.78. The molecule has 2 N–H and O–H groups in total. The van der Waals surface area contributed by atoms with Crippen molar-refractivity contribution in [1.82, 2.24) is 0 Å². The van der Waals surface area contributed by atoms with E-state index in [1.807, 2.05) is 39.0 Å². The van der Waals surface area contributed by atoms with Crippen LogP contribution in [-0.2, 0) is 0 Å². The first-order valence-electron chi connectivity index (χ1n) is 6.28. The SMILES string of the molecule is Cc1cccc(Oc2ccc([C@H](C)N)cc2F)c1C. The summed E-state index contributed by atoms with van der Waals surface area (Å²) in [6, 6.07) is 10.4. The van der Waals surface area contributed by atoms with E-state index in [2.05, 4.69) is 0 Å². The fourth-order valence-electron chi connectivity index (χ4n) is 1.84. The summed E-state index contributed by atoms with van der Waals surface area (Å²) in [4.78, 5) is 0. The van der Waals surface area contributed by atoms with Gasteiger partial charge in [-0.1, -0.05) is 18.2 Å². The average Bonchev–Trinajstić information content (AvgIpc) is 2.37. The van der Waals surface area contributed by atoms with E-state index in [-0.39, 0.29) is 11.8 Å². The third kappa shape index (κ3) is 2.93. The van der Waals surface area contributed by atoms with Gasteiger partial charge in [0.05, 0.1) is 0 Å². The number of aryl methyl sites for hydroxylation is 1. The highest BCUT2D eigenvalue weighted by molar-refractivity contribution is 5.42. The van der Waals surface area contributed by atoms with Crippen molar-refractivity contribution in [1.29, 1.82) is 0 Å². The summed E-state index contributed by atoms with van der Waals surface area (Å²) in [5.41, 5.74) is 8.61. The lowest BCUT2D eigenvalue weighted by molar-refractivity contribution is 0.438. The molecule has 0 amide bonds. The van der Waals surface area contributed by atoms with E-state index in [1.165, 1.54) is 6.07 Å². The molecular formula is C16H18FNO. The van der Waals surface area contributed by atoms with Gasteiger partial charge in [-0.3, -0.25) is 0 Å². The molecule has 0 bridgehead atoms. The van der Waals surface area contributed by atoms with Crippen LogP contribution in [0.3, 0.4) is 0 Å². The molecule has 2 aromatic rings. The van der Waals surface area contributed by atoms with Crippen LogP contribution in [0.2, 0.25) is 0 Å². The van der Waals surface area contributed by atoms with Gasteiger partial charge >= 0.3 is 0 Å². The Labute approximate surface area is 113 Å². The van der Waals surface area contributed by atoms with Crippen molar-refractivity contribution in [2.24, 2.45) is 5.73 Å². The molecule has 0 aliphatic heterocycles. The van der Waals surface area contributed by atoms with Crippen molar-refractivity contribution in [3.05, 3.63) is 58.9 Å². The highest BCUT2D eigenvalue weighted by Gasteiger charge is 2.10. The second-order valence-corrected chi connectivity index (χ2v) is 4.78. The first kappa shape index (κ1) is 13.6. The number of ether oxygens (including phenoxy) is 1. The third-order valence-electron chi connectivity index (χ3n) is 3.26. The summed E-state index contributed by atoms with van der Waals surface area (Å²) >= 11 is 0. The molecule has 0 heterocycles. The highest BCUT2D eigenvalue weighted by atomic mass is 19.1. The molecule has 2 aromatic carbocycles. The van der Waals surface area contributed by atoms with E-state index in [0.717, 1.165) is 16.7 Å². The van der Waals surface area contributed by atoms with Crippen LogP contribution in [0.1, 0.15) is 29.7 Å². The molecule has 0 aromatic heterocycles. The summed E-state index contributed by atoms with van der Waals surface area (Å²) in [6.45, 7) is 5.77. The van der Waals surface area contributed by atoms with E-state index in [9.17, 15) is 4.39 Å². The van der Waals surface area contributed by atoms with Crippen molar-refractivity contribution in [3.63, 3.8) is 0 Å². The molecule has 0 spiro atoms. The van der Waals surface area contributed by atoms with E-state index in [4.69, 9.17) is 10.5 Å². The Morgan fingerprint density at radius 2 is 1.84 bits per heavy atom. The Bertz CT molecular complexity index is 593. The van der Waals surface area contributed by atoms with Gasteiger partial charge in [0.25, 0.3) is 0 Å². The minimum atomic E-state index is -0.393. The van der Waals surface area contributed by atoms with Crippen LogP contribution >= 0.6 is 0 Å². The maximum atomic E-state index is 13.9. The lowest BCUT2D eigenvalue weighted by atomic mass is 10.1. The minimum absolute atomic E-state index is 0.191. The van der Waals surface area contributed by atoms with Crippen molar-refractivity contribution in [3.8, 4) is 11.5 Å². The summed E-state index contributed by atoms with van der Waals surface area (Å²) in [7, 11) is 0. The standard InChI is InChI=1S/C16H18FNO/c1-10-5-4-6-15(11(10)2)19-16-8-7-13(12(3)18)9-14(16)17/h4-9,12H,18H2,1-3H3/t12-/m0/s1. The monoisotopic (exact) mass is 259 g/mol. The van der Waals surface area contributed by atoms with Gasteiger partial charge in [0.2, 0.25) is 0 Å². The molecule has 0 saturated carbocycles. The fourth-order valence-corrected chi connectivity index (χ4v) is 1.84. The second kappa shape index (κ2) is 5.41. The lowest BCUT2D eigenvalue weighted by Crippen LogP contribution is -2.05. The predicted molar refractivity (Wildman–Crippen MR) is 75.0 cm³/mol. The zero-order valence-corrected chi connectivity index (χ0v) is 11.4. The van der Waals surface area contributed by atoms with Gasteiger partial charge in [-0.2, -0.15) is 0 Å². The number of benzene rings is 2. The predicted octanol–water partition coefficient (Wildman–Crippen LogP) is 4.25. The van der Waals surface area contributed by atoms with Crippen LogP contribution in [0.25, 0.3) is 0 Å². The Balaban J connectivity index is 2.31. The minimum Gasteiger partial charge on any atom is -0.454 e. The summed E-state index contributed by atoms with van der Waals surface area (Å²) in [5.74, 6) is 0.501. The van der Waals surface area contributed by atoms with Gasteiger partial charge in [-0.15, -0.1) is 0 Å². The molecule has 2 rings (SSSR count). The van der Waals surface area contributed by atoms with Gasteiger partial charge in [-0.05, 0) is 55.7 Å². The van der Waals surface area contributed by atoms with Gasteiger partial charge in [0.15, 0.2) is 11.6 Å². The Morgan fingerprint density at radius 3 is 2.47 bits per heavy atom. The molecule has 0 radical (unpaired) electrons. The third-order valence-corrected chi connectivity index (χ3v) is 3.26. The van der Waals surface area contributed by atoms with E-state index in [1.54, 1.807) is 12.1 Å². The van der Waals surface area contributed by atoms with Crippen molar-refractivity contribution >= 4 is 0 Å². The number of rotatable bonds is 3. The highest BCUT2D eigenvalue weighted by Crippen LogP contribution is 2.29. The number of halogens is 1. The Kier molecular flexibility index (Phi) is 3.86. The number of hydrogen-bond donors (Lipinski definition) is 1. The van der Waals surface area contributed by atoms with Gasteiger partial charge in [0, 0.05) is 6.04 Å². The quantitative estimate of drug-likeness (QED) is 0.894. The molecule has 2 nitrogen and oxygen atoms in total. The van der Waals surface area contributed by atoms with Crippen LogP contribution in [0.15, 0.2) is 36.4 Å². The maximum absolute atomic E-state index is 13.9. The molecular weight excluding hydrogens is 241 g/mol. The van der Waals surface area contributed by atoms with E-state index in [0.29, 0.717) is 5.75 Å². The van der Waals surface area contributed by atoms with Crippen LogP contribution in [-0.4, -0.2) is 0 Å². The average molecular weight is 259 g/mol. The molecule has 3 heteroatoms. The van der Waals surface area contributed by atoms with E-state index >= 15 is 0 Å². The van der Waals surface area contributed by atoms with Crippen LogP contribution < -0.4 is 10.5 Å². The molecule has 0 saturated heterocycles. The molecule has 0 unspecified atom stereocenters. The summed E-state index contributed by atoms with van der Waals surface area (Å²) in [6.07, 6.45) is 0. The zero-order chi connectivity index (χ0) is 14.0. The Morgan fingerprint density at radius 1 is 1.11 bits per heavy atom. The van der Waals surface area contributed by atoms with Gasteiger partial charge in [-0.25, -0.2) is 4.39 Å². The Hall–Kier alpha value is -1.87. The fraction of sp³-hybridized carbons (Fsp3) is 0.250. The lowest BCUT2D eigenvalue weighted by Gasteiger charge is -2.12. The topological polar surface area (TPSA) is 35.2 Å². The molecule has 100 valence electrons. The molecule has 0 aliphatic rings. The van der Waals surface area contributed by atoms with Crippen molar-refractivity contribution in [2.75, 3.05) is 0 Å². The largest absolute Gasteiger partial charge is 0.454 e. The first-order valence-corrected chi connectivity index (χ1v) is 6.28. The summed E-state index contributed by atoms with van der Waals surface area (Å²) < 4.78 is 19.6. The molecule has 0 aliphatic carbocycles. The van der Waals surface area contributed by atoms with Gasteiger partial charge in [0.1, 0.15) is 5.75 Å². The molecule has 19 heavy (non-hydrogen) atoms. The van der Waals surface area contributed by atoms with Crippen LogP contribution in [0.5, 0.6) is 11.5 Å². The maximum Gasteiger partial charge on any atom is 0.166 e. The van der Waals surface area contributed by atoms with E-state index < -0.39 is 5.82 Å².